The molecule has 0 bridgehead atoms. The predicted molar refractivity (Wildman–Crippen MR) is 105 cm³/mol. The number of ether oxygens (including phenoxy) is 1. The van der Waals surface area contributed by atoms with Gasteiger partial charge in [-0.25, -0.2) is 0 Å². The van der Waals surface area contributed by atoms with E-state index in [1.54, 1.807) is 0 Å². The number of hydrogen-bond acceptors (Lipinski definition) is 3. The molecule has 1 aliphatic carbocycles. The summed E-state index contributed by atoms with van der Waals surface area (Å²) in [5.74, 6) is -0.184. The van der Waals surface area contributed by atoms with E-state index in [1.165, 1.54) is 25.6 Å². The van der Waals surface area contributed by atoms with Crippen molar-refractivity contribution in [2.75, 3.05) is 0 Å². The average Bonchev–Trinajstić information content (AvgIpc) is 2.87. The van der Waals surface area contributed by atoms with Crippen LogP contribution in [0.25, 0.3) is 0 Å². The summed E-state index contributed by atoms with van der Waals surface area (Å²) in [5.41, 5.74) is -0.255. The summed E-state index contributed by atoms with van der Waals surface area (Å²) in [7, 11) is 2.23. The van der Waals surface area contributed by atoms with E-state index in [9.17, 15) is 9.90 Å². The van der Waals surface area contributed by atoms with Crippen molar-refractivity contribution < 1.29 is 14.6 Å². The van der Waals surface area contributed by atoms with Gasteiger partial charge < -0.3 is 9.84 Å². The highest BCUT2D eigenvalue weighted by molar-refractivity contribution is 6.08. The van der Waals surface area contributed by atoms with E-state index in [0.29, 0.717) is 24.5 Å². The second-order valence-electron chi connectivity index (χ2n) is 9.11. The number of aliphatic hydroxyl groups is 1. The number of hydrogen-bond donors (Lipinski definition) is 1. The van der Waals surface area contributed by atoms with Crippen LogP contribution in [0.15, 0.2) is 0 Å². The first-order valence-electron chi connectivity index (χ1n) is 10.8. The SMILES string of the molecule is BCCCCCC[C@H]1C(=O)C[C@H]2O[C@@](O)(C(C)(C)CCCC)CC[C@@H]21. The molecule has 1 saturated heterocycles. The minimum absolute atomic E-state index is 0.0622. The lowest BCUT2D eigenvalue weighted by atomic mass is 9.72. The van der Waals surface area contributed by atoms with Crippen molar-refractivity contribution in [3.8, 4) is 0 Å². The van der Waals surface area contributed by atoms with E-state index in [-0.39, 0.29) is 17.4 Å². The number of carbonyl (C=O) groups is 1. The van der Waals surface area contributed by atoms with Crippen molar-refractivity contribution in [3.63, 3.8) is 0 Å². The number of ketones is 1. The lowest BCUT2D eigenvalue weighted by Gasteiger charge is -2.48. The average molecular weight is 350 g/mol. The normalized spacial score (nSPS) is 32.8. The van der Waals surface area contributed by atoms with E-state index < -0.39 is 5.79 Å². The Morgan fingerprint density at radius 1 is 1.24 bits per heavy atom. The van der Waals surface area contributed by atoms with Gasteiger partial charge in [0.05, 0.1) is 6.10 Å². The third-order valence-corrected chi connectivity index (χ3v) is 6.80. The molecule has 2 aliphatic rings. The number of unbranched alkanes of at least 4 members (excludes halogenated alkanes) is 4. The Morgan fingerprint density at radius 3 is 2.64 bits per heavy atom. The summed E-state index contributed by atoms with van der Waals surface area (Å²) in [4.78, 5) is 12.5. The standard InChI is InChI=1S/C21H39BO3/c1-4-5-12-20(2,3)21(24)13-11-17-16(10-8-6-7-9-14-22)18(23)15-19(17)25-21/h16-17,19,24H,4-15,22H2,1-3H3/t16-,17-,19-,21-/m1/s1. The summed E-state index contributed by atoms with van der Waals surface area (Å²) in [5, 5.41) is 11.2. The lowest BCUT2D eigenvalue weighted by molar-refractivity contribution is -0.316. The Balaban J connectivity index is 1.91. The highest BCUT2D eigenvalue weighted by atomic mass is 16.6. The molecule has 0 spiro atoms. The molecule has 0 aromatic carbocycles. The van der Waals surface area contributed by atoms with Gasteiger partial charge in [-0.05, 0) is 25.2 Å². The fourth-order valence-electron chi connectivity index (χ4n) is 4.84. The predicted octanol–water partition coefficient (Wildman–Crippen LogP) is 4.28. The molecule has 1 aliphatic heterocycles. The van der Waals surface area contributed by atoms with Gasteiger partial charge in [-0.15, -0.1) is 0 Å². The number of carbonyl (C=O) groups excluding carboxylic acids is 1. The largest absolute Gasteiger partial charge is 0.365 e. The maximum absolute atomic E-state index is 12.5. The molecule has 144 valence electrons. The first-order valence-corrected chi connectivity index (χ1v) is 10.8. The zero-order chi connectivity index (χ0) is 18.5. The van der Waals surface area contributed by atoms with Gasteiger partial charge >= 0.3 is 0 Å². The maximum atomic E-state index is 12.5. The number of fused-ring (bicyclic) bond motifs is 1. The molecule has 1 saturated carbocycles. The van der Waals surface area contributed by atoms with E-state index in [2.05, 4.69) is 28.6 Å². The molecule has 0 radical (unpaired) electrons. The van der Waals surface area contributed by atoms with Crippen LogP contribution in [0.2, 0.25) is 6.32 Å². The molecule has 25 heavy (non-hydrogen) atoms. The molecule has 0 aromatic heterocycles. The van der Waals surface area contributed by atoms with Crippen molar-refractivity contribution >= 4 is 13.6 Å². The maximum Gasteiger partial charge on any atom is 0.170 e. The topological polar surface area (TPSA) is 46.5 Å². The fraction of sp³-hybridized carbons (Fsp3) is 0.952. The van der Waals surface area contributed by atoms with Crippen LogP contribution in [0, 0.1) is 17.3 Å². The van der Waals surface area contributed by atoms with Crippen LogP contribution in [0.3, 0.4) is 0 Å². The molecular weight excluding hydrogens is 311 g/mol. The van der Waals surface area contributed by atoms with Gasteiger partial charge in [0.25, 0.3) is 0 Å². The first-order chi connectivity index (χ1) is 11.8. The quantitative estimate of drug-likeness (QED) is 0.473. The molecule has 4 atom stereocenters. The van der Waals surface area contributed by atoms with Gasteiger partial charge in [-0.1, -0.05) is 65.6 Å². The smallest absolute Gasteiger partial charge is 0.170 e. The van der Waals surface area contributed by atoms with Crippen molar-refractivity contribution in [1.29, 1.82) is 0 Å². The van der Waals surface area contributed by atoms with Gasteiger partial charge in [0.2, 0.25) is 0 Å². The zero-order valence-electron chi connectivity index (χ0n) is 17.0. The summed E-state index contributed by atoms with van der Waals surface area (Å²) >= 11 is 0. The van der Waals surface area contributed by atoms with E-state index in [0.717, 1.165) is 38.5 Å². The number of Topliss-reactive ketones (excluding diaryl/α,β-unsaturated/α-hetero) is 1. The molecule has 1 heterocycles. The van der Waals surface area contributed by atoms with Crippen molar-refractivity contribution in [2.24, 2.45) is 17.3 Å². The molecule has 0 unspecified atom stereocenters. The van der Waals surface area contributed by atoms with Gasteiger partial charge in [0.1, 0.15) is 13.6 Å². The molecule has 0 aromatic rings. The highest BCUT2D eigenvalue weighted by Gasteiger charge is 2.54. The zero-order valence-corrected chi connectivity index (χ0v) is 17.0. The van der Waals surface area contributed by atoms with Crippen LogP contribution in [-0.4, -0.2) is 30.6 Å². The summed E-state index contributed by atoms with van der Waals surface area (Å²) < 4.78 is 6.24. The molecule has 4 heteroatoms. The summed E-state index contributed by atoms with van der Waals surface area (Å²) in [6.45, 7) is 6.41. The van der Waals surface area contributed by atoms with E-state index >= 15 is 0 Å². The second kappa shape index (κ2) is 9.04. The van der Waals surface area contributed by atoms with Crippen LogP contribution in [0.4, 0.5) is 0 Å². The fourth-order valence-corrected chi connectivity index (χ4v) is 4.84. The van der Waals surface area contributed by atoms with E-state index in [4.69, 9.17) is 4.74 Å². The van der Waals surface area contributed by atoms with Crippen LogP contribution in [-0.2, 0) is 9.53 Å². The third-order valence-electron chi connectivity index (χ3n) is 6.80. The highest BCUT2D eigenvalue weighted by Crippen LogP contribution is 2.50. The molecule has 1 N–H and O–H groups in total. The van der Waals surface area contributed by atoms with Crippen LogP contribution >= 0.6 is 0 Å². The Hall–Kier alpha value is -0.345. The summed E-state index contributed by atoms with van der Waals surface area (Å²) in [6, 6.07) is 0. The van der Waals surface area contributed by atoms with Gasteiger partial charge in [0, 0.05) is 24.2 Å². The molecule has 0 amide bonds. The number of rotatable bonds is 10. The first kappa shape index (κ1) is 21.0. The molecule has 3 nitrogen and oxygen atoms in total. The Morgan fingerprint density at radius 2 is 1.96 bits per heavy atom. The Kier molecular flexibility index (Phi) is 7.58. The van der Waals surface area contributed by atoms with Gasteiger partial charge in [-0.3, -0.25) is 4.79 Å². The minimum Gasteiger partial charge on any atom is -0.365 e. The lowest BCUT2D eigenvalue weighted by Crippen LogP contribution is -2.53. The van der Waals surface area contributed by atoms with Crippen LogP contribution in [0.1, 0.15) is 91.4 Å². The molecule has 2 rings (SSSR count). The van der Waals surface area contributed by atoms with E-state index in [1.807, 2.05) is 0 Å². The Bertz CT molecular complexity index is 437. The summed E-state index contributed by atoms with van der Waals surface area (Å²) in [6.07, 6.45) is 12.5. The van der Waals surface area contributed by atoms with Crippen LogP contribution < -0.4 is 0 Å². The van der Waals surface area contributed by atoms with Crippen molar-refractivity contribution in [1.82, 2.24) is 0 Å². The monoisotopic (exact) mass is 350 g/mol. The van der Waals surface area contributed by atoms with Crippen molar-refractivity contribution in [3.05, 3.63) is 0 Å². The molecular formula is C21H39BO3. The minimum atomic E-state index is -1.07. The Labute approximate surface area is 155 Å². The van der Waals surface area contributed by atoms with Gasteiger partial charge in [0.15, 0.2) is 5.79 Å². The van der Waals surface area contributed by atoms with Crippen molar-refractivity contribution in [2.45, 2.75) is 110 Å². The van der Waals surface area contributed by atoms with Crippen LogP contribution in [0.5, 0.6) is 0 Å². The van der Waals surface area contributed by atoms with Gasteiger partial charge in [-0.2, -0.15) is 0 Å². The third kappa shape index (κ3) is 4.88. The molecule has 2 fully saturated rings. The second-order valence-corrected chi connectivity index (χ2v) is 9.11.